The van der Waals surface area contributed by atoms with E-state index in [0.29, 0.717) is 38.5 Å². The summed E-state index contributed by atoms with van der Waals surface area (Å²) < 4.78 is 10.6. The van der Waals surface area contributed by atoms with Crippen LogP contribution in [0.25, 0.3) is 0 Å². The van der Waals surface area contributed by atoms with Crippen molar-refractivity contribution in [1.82, 2.24) is 4.90 Å². The molecule has 41 heavy (non-hydrogen) atoms. The number of rotatable bonds is 11. The summed E-state index contributed by atoms with van der Waals surface area (Å²) in [7, 11) is 0. The lowest BCUT2D eigenvalue weighted by molar-refractivity contribution is -0.175. The van der Waals surface area contributed by atoms with E-state index in [4.69, 9.17) is 15.2 Å². The van der Waals surface area contributed by atoms with E-state index in [-0.39, 0.29) is 46.9 Å². The molecule has 0 aromatic heterocycles. The Morgan fingerprint density at radius 1 is 1.00 bits per heavy atom. The Morgan fingerprint density at radius 2 is 1.66 bits per heavy atom. The van der Waals surface area contributed by atoms with Crippen LogP contribution >= 0.6 is 0 Å². The number of primary amides is 1. The van der Waals surface area contributed by atoms with E-state index in [9.17, 15) is 24.0 Å². The van der Waals surface area contributed by atoms with Crippen LogP contribution in [0.3, 0.4) is 0 Å². The topological polar surface area (TPSA) is 133 Å². The number of hydrogen-bond acceptors (Lipinski definition) is 7. The molecule has 0 bridgehead atoms. The highest BCUT2D eigenvalue weighted by molar-refractivity contribution is 6.36. The van der Waals surface area contributed by atoms with Gasteiger partial charge in [-0.1, -0.05) is 60.3 Å². The summed E-state index contributed by atoms with van der Waals surface area (Å²) in [6, 6.07) is -0.688. The second-order valence-electron chi connectivity index (χ2n) is 15.2. The van der Waals surface area contributed by atoms with Gasteiger partial charge in [-0.05, 0) is 47.8 Å². The first-order valence-electron chi connectivity index (χ1n) is 15.6. The molecule has 2 aliphatic heterocycles. The molecule has 2 amide bonds. The molecule has 5 rings (SSSR count). The van der Waals surface area contributed by atoms with Crippen molar-refractivity contribution >= 4 is 29.4 Å². The summed E-state index contributed by atoms with van der Waals surface area (Å²) in [5.41, 5.74) is 4.78. The van der Waals surface area contributed by atoms with Crippen molar-refractivity contribution < 1.29 is 33.4 Å². The lowest BCUT2D eigenvalue weighted by atomic mass is 9.73. The molecule has 0 aromatic carbocycles. The van der Waals surface area contributed by atoms with Crippen LogP contribution in [-0.4, -0.2) is 66.2 Å². The third-order valence-corrected chi connectivity index (χ3v) is 12.0. The van der Waals surface area contributed by atoms with Crippen molar-refractivity contribution in [1.29, 1.82) is 0 Å². The Kier molecular flexibility index (Phi) is 7.70. The highest BCUT2D eigenvalue weighted by Gasteiger charge is 2.85. The third-order valence-electron chi connectivity index (χ3n) is 12.0. The molecule has 2 spiro atoms. The summed E-state index contributed by atoms with van der Waals surface area (Å²) in [5.74, 6) is -3.59. The summed E-state index contributed by atoms with van der Waals surface area (Å²) >= 11 is 0. The first-order chi connectivity index (χ1) is 19.1. The first-order valence-corrected chi connectivity index (χ1v) is 15.6. The Balaban J connectivity index is 1.40. The van der Waals surface area contributed by atoms with Gasteiger partial charge in [0.05, 0.1) is 31.6 Å². The molecule has 3 saturated carbocycles. The SMILES string of the molecule is CC(C)(C)[C@H](CC(=O)OC1COC1)C(=O)N1C[C@]2(C[C@H]1C(=O)CC(CC1CCC1)C(=O)C(N)=O)C(C)(C)C21CCC1. The summed E-state index contributed by atoms with van der Waals surface area (Å²) in [6.07, 6.45) is 7.01. The number of ether oxygens (including phenoxy) is 2. The predicted molar refractivity (Wildman–Crippen MR) is 150 cm³/mol. The van der Waals surface area contributed by atoms with Gasteiger partial charge in [0.1, 0.15) is 6.10 Å². The Morgan fingerprint density at radius 3 is 2.10 bits per heavy atom. The van der Waals surface area contributed by atoms with Gasteiger partial charge < -0.3 is 20.1 Å². The minimum Gasteiger partial charge on any atom is -0.457 e. The largest absolute Gasteiger partial charge is 0.457 e. The highest BCUT2D eigenvalue weighted by Crippen LogP contribution is 2.88. The van der Waals surface area contributed by atoms with Crippen LogP contribution in [0.1, 0.15) is 98.8 Å². The number of hydrogen-bond donors (Lipinski definition) is 1. The zero-order chi connectivity index (χ0) is 30.0. The lowest BCUT2D eigenvalue weighted by Crippen LogP contribution is -2.48. The number of ketones is 2. The zero-order valence-electron chi connectivity index (χ0n) is 25.5. The molecule has 4 atom stereocenters. The summed E-state index contributed by atoms with van der Waals surface area (Å²) in [6.45, 7) is 11.5. The molecule has 1 unspecified atom stereocenters. The molecule has 5 fully saturated rings. The second kappa shape index (κ2) is 10.5. The quantitative estimate of drug-likeness (QED) is 0.295. The number of amides is 2. The lowest BCUT2D eigenvalue weighted by Gasteiger charge is -2.36. The fourth-order valence-corrected chi connectivity index (χ4v) is 8.76. The van der Waals surface area contributed by atoms with Gasteiger partial charge in [0, 0.05) is 24.3 Å². The molecule has 5 aliphatic rings. The number of esters is 1. The molecule has 2 N–H and O–H groups in total. The highest BCUT2D eigenvalue weighted by atomic mass is 16.6. The molecule has 3 aliphatic carbocycles. The number of Topliss-reactive ketones (excluding diaryl/α,β-unsaturated/α-hetero) is 2. The second-order valence-corrected chi connectivity index (χ2v) is 15.2. The van der Waals surface area contributed by atoms with E-state index in [0.717, 1.165) is 38.5 Å². The smallest absolute Gasteiger partial charge is 0.307 e. The van der Waals surface area contributed by atoms with Crippen LogP contribution in [0.2, 0.25) is 0 Å². The molecule has 0 radical (unpaired) electrons. The number of likely N-dealkylation sites (tertiary alicyclic amines) is 1. The van der Waals surface area contributed by atoms with Crippen molar-refractivity contribution in [2.75, 3.05) is 19.8 Å². The zero-order valence-corrected chi connectivity index (χ0v) is 25.5. The van der Waals surface area contributed by atoms with Gasteiger partial charge in [-0.25, -0.2) is 0 Å². The van der Waals surface area contributed by atoms with E-state index < -0.39 is 41.0 Å². The van der Waals surface area contributed by atoms with Crippen LogP contribution in [0.5, 0.6) is 0 Å². The van der Waals surface area contributed by atoms with Gasteiger partial charge in [0.2, 0.25) is 11.7 Å². The van der Waals surface area contributed by atoms with Crippen LogP contribution in [0, 0.1) is 39.4 Å². The molecular formula is C32H48N2O7. The first kappa shape index (κ1) is 30.2. The number of carbonyl (C=O) groups is 5. The van der Waals surface area contributed by atoms with Crippen molar-refractivity contribution in [2.24, 2.45) is 45.1 Å². The normalized spacial score (nSPS) is 29.7. The molecule has 9 nitrogen and oxygen atoms in total. The van der Waals surface area contributed by atoms with Gasteiger partial charge in [0.15, 0.2) is 5.78 Å². The van der Waals surface area contributed by atoms with Gasteiger partial charge in [-0.3, -0.25) is 24.0 Å². The van der Waals surface area contributed by atoms with Crippen LogP contribution in [-0.2, 0) is 33.4 Å². The molecule has 2 heterocycles. The number of fused-ring (bicyclic) bond motifs is 1. The fraction of sp³-hybridized carbons (Fsp3) is 0.844. The van der Waals surface area contributed by atoms with E-state index >= 15 is 0 Å². The van der Waals surface area contributed by atoms with Crippen LogP contribution in [0.4, 0.5) is 0 Å². The Labute approximate surface area is 243 Å². The number of nitrogens with two attached hydrogens (primary N) is 1. The van der Waals surface area contributed by atoms with E-state index in [1.165, 1.54) is 0 Å². The van der Waals surface area contributed by atoms with Gasteiger partial charge in [-0.15, -0.1) is 0 Å². The maximum absolute atomic E-state index is 14.4. The fourth-order valence-electron chi connectivity index (χ4n) is 8.76. The average Bonchev–Trinajstić information content (AvgIpc) is 3.05. The number of carbonyl (C=O) groups excluding carboxylic acids is 5. The standard InChI is InChI=1S/C32H48N2O7/c1-29(2,3)22(14-25(36)41-21-16-40-17-21)28(39)34-18-32(30(4,5)31(32)10-7-11-31)15-23(34)24(35)13-20(26(37)27(33)38)12-19-8-6-9-19/h19-23H,6-18H2,1-5H3,(H2,33,38)/t20?,22-,23+,32-/m1/s1. The minimum absolute atomic E-state index is 0.0133. The average molecular weight is 573 g/mol. The number of nitrogens with zero attached hydrogens (tertiary/aromatic N) is 1. The van der Waals surface area contributed by atoms with Crippen LogP contribution < -0.4 is 5.73 Å². The Bertz CT molecular complexity index is 1110. The predicted octanol–water partition coefficient (Wildman–Crippen LogP) is 3.60. The maximum atomic E-state index is 14.4. The molecule has 228 valence electrons. The van der Waals surface area contributed by atoms with Crippen molar-refractivity contribution in [3.63, 3.8) is 0 Å². The van der Waals surface area contributed by atoms with Crippen molar-refractivity contribution in [2.45, 2.75) is 111 Å². The van der Waals surface area contributed by atoms with Crippen molar-refractivity contribution in [3.05, 3.63) is 0 Å². The summed E-state index contributed by atoms with van der Waals surface area (Å²) in [4.78, 5) is 67.8. The van der Waals surface area contributed by atoms with Gasteiger partial charge in [0.25, 0.3) is 5.91 Å². The maximum Gasteiger partial charge on any atom is 0.307 e. The minimum atomic E-state index is -1.00. The van der Waals surface area contributed by atoms with Gasteiger partial charge >= 0.3 is 5.97 Å². The molecule has 2 saturated heterocycles. The van der Waals surface area contributed by atoms with E-state index in [1.807, 2.05) is 20.8 Å². The molecule has 9 heteroatoms. The Hall–Kier alpha value is -2.29. The monoisotopic (exact) mass is 572 g/mol. The molecule has 0 aromatic rings. The molecular weight excluding hydrogens is 524 g/mol. The van der Waals surface area contributed by atoms with E-state index in [1.54, 1.807) is 4.90 Å². The van der Waals surface area contributed by atoms with Gasteiger partial charge in [-0.2, -0.15) is 0 Å². The summed E-state index contributed by atoms with van der Waals surface area (Å²) in [5, 5.41) is 0. The van der Waals surface area contributed by atoms with Crippen LogP contribution in [0.15, 0.2) is 0 Å². The van der Waals surface area contributed by atoms with Crippen molar-refractivity contribution in [3.8, 4) is 0 Å². The third kappa shape index (κ3) is 4.94. The van der Waals surface area contributed by atoms with E-state index in [2.05, 4.69) is 13.8 Å².